The number of nitrogens with zero attached hydrogens (tertiary/aromatic N) is 3. The van der Waals surface area contributed by atoms with E-state index in [1.807, 2.05) is 4.90 Å². The van der Waals surface area contributed by atoms with Gasteiger partial charge < -0.3 is 20.4 Å². The van der Waals surface area contributed by atoms with Gasteiger partial charge in [-0.25, -0.2) is 4.39 Å². The molecule has 2 fully saturated rings. The van der Waals surface area contributed by atoms with Crippen molar-refractivity contribution in [1.29, 1.82) is 0 Å². The first kappa shape index (κ1) is 24.0. The van der Waals surface area contributed by atoms with Crippen LogP contribution in [-0.4, -0.2) is 79.4 Å². The molecule has 0 saturated carbocycles. The van der Waals surface area contributed by atoms with Crippen LogP contribution in [0.15, 0.2) is 48.5 Å². The largest absolute Gasteiger partial charge is 0.369 e. The van der Waals surface area contributed by atoms with Gasteiger partial charge in [-0.1, -0.05) is 23.7 Å². The number of hydrogen-bond acceptors (Lipinski definition) is 5. The number of rotatable bonds is 6. The zero-order valence-corrected chi connectivity index (χ0v) is 19.4. The molecule has 2 heterocycles. The minimum atomic E-state index is -0.871. The number of nitrogens with one attached hydrogen (secondary N) is 2. The van der Waals surface area contributed by atoms with E-state index in [-0.39, 0.29) is 36.5 Å². The van der Waals surface area contributed by atoms with Crippen molar-refractivity contribution in [2.45, 2.75) is 12.5 Å². The Morgan fingerprint density at radius 1 is 1.03 bits per heavy atom. The van der Waals surface area contributed by atoms with Crippen LogP contribution < -0.4 is 15.5 Å². The number of hydrogen-bond donors (Lipinski definition) is 2. The van der Waals surface area contributed by atoms with Crippen LogP contribution in [0.4, 0.5) is 15.8 Å². The van der Waals surface area contributed by atoms with Crippen LogP contribution in [0.5, 0.6) is 0 Å². The van der Waals surface area contributed by atoms with E-state index in [0.717, 1.165) is 5.69 Å². The van der Waals surface area contributed by atoms with Gasteiger partial charge in [-0.3, -0.25) is 19.3 Å². The van der Waals surface area contributed by atoms with E-state index in [2.05, 4.69) is 15.5 Å². The molecular formula is C24H27ClFN5O3. The Kier molecular flexibility index (Phi) is 7.64. The van der Waals surface area contributed by atoms with Gasteiger partial charge in [0.1, 0.15) is 11.9 Å². The third kappa shape index (κ3) is 5.84. The summed E-state index contributed by atoms with van der Waals surface area (Å²) >= 11 is 6.10. The number of halogens is 2. The van der Waals surface area contributed by atoms with Gasteiger partial charge in [0.15, 0.2) is 0 Å². The van der Waals surface area contributed by atoms with E-state index in [1.165, 1.54) is 17.0 Å². The molecular weight excluding hydrogens is 461 g/mol. The van der Waals surface area contributed by atoms with Crippen molar-refractivity contribution < 1.29 is 18.8 Å². The molecule has 0 aliphatic carbocycles. The monoisotopic (exact) mass is 487 g/mol. The van der Waals surface area contributed by atoms with Crippen molar-refractivity contribution in [1.82, 2.24) is 15.1 Å². The van der Waals surface area contributed by atoms with Gasteiger partial charge in [0.2, 0.25) is 17.7 Å². The minimum Gasteiger partial charge on any atom is -0.369 e. The Morgan fingerprint density at radius 3 is 2.44 bits per heavy atom. The van der Waals surface area contributed by atoms with Crippen LogP contribution in [0.2, 0.25) is 5.02 Å². The van der Waals surface area contributed by atoms with Crippen molar-refractivity contribution in [3.63, 3.8) is 0 Å². The van der Waals surface area contributed by atoms with Crippen LogP contribution in [0, 0.1) is 5.82 Å². The lowest BCUT2D eigenvalue weighted by Gasteiger charge is -2.39. The molecule has 2 aliphatic heterocycles. The van der Waals surface area contributed by atoms with E-state index in [4.69, 9.17) is 11.6 Å². The Bertz CT molecular complexity index is 1040. The van der Waals surface area contributed by atoms with Crippen molar-refractivity contribution in [2.24, 2.45) is 0 Å². The van der Waals surface area contributed by atoms with Gasteiger partial charge in [0.25, 0.3) is 0 Å². The molecule has 180 valence electrons. The summed E-state index contributed by atoms with van der Waals surface area (Å²) in [6.45, 7) is 3.64. The number of carbonyl (C=O) groups excluding carboxylic acids is 3. The molecule has 2 aromatic rings. The number of amides is 3. The Hall–Kier alpha value is -3.17. The fourth-order valence-corrected chi connectivity index (χ4v) is 4.44. The predicted molar refractivity (Wildman–Crippen MR) is 128 cm³/mol. The van der Waals surface area contributed by atoms with E-state index in [1.54, 1.807) is 36.4 Å². The molecule has 8 nitrogen and oxygen atoms in total. The molecule has 2 saturated heterocycles. The number of piperazine rings is 2. The lowest BCUT2D eigenvalue weighted by Crippen LogP contribution is -2.60. The molecule has 3 amide bonds. The molecule has 34 heavy (non-hydrogen) atoms. The van der Waals surface area contributed by atoms with Gasteiger partial charge >= 0.3 is 0 Å². The summed E-state index contributed by atoms with van der Waals surface area (Å²) in [4.78, 5) is 43.9. The van der Waals surface area contributed by atoms with Gasteiger partial charge in [-0.2, -0.15) is 0 Å². The second kappa shape index (κ2) is 10.8. The molecule has 2 N–H and O–H groups in total. The van der Waals surface area contributed by atoms with Crippen LogP contribution in [-0.2, 0) is 14.4 Å². The maximum absolute atomic E-state index is 13.2. The van der Waals surface area contributed by atoms with Crippen molar-refractivity contribution in [3.05, 3.63) is 59.4 Å². The first-order valence-electron chi connectivity index (χ1n) is 11.2. The van der Waals surface area contributed by atoms with Crippen molar-refractivity contribution in [2.75, 3.05) is 56.0 Å². The SMILES string of the molecule is O=C(C[C@@H]1C(=O)NCCN1C(=O)CN1CCN(c2ccc(F)cc2)CC1)Nc1ccccc1Cl. The smallest absolute Gasteiger partial charge is 0.243 e. The predicted octanol–water partition coefficient (Wildman–Crippen LogP) is 1.96. The van der Waals surface area contributed by atoms with E-state index >= 15 is 0 Å². The number of carbonyl (C=O) groups is 3. The normalized spacial score (nSPS) is 19.0. The maximum atomic E-state index is 13.2. The molecule has 0 unspecified atom stereocenters. The molecule has 2 aromatic carbocycles. The average molecular weight is 488 g/mol. The summed E-state index contributed by atoms with van der Waals surface area (Å²) in [5.41, 5.74) is 1.41. The summed E-state index contributed by atoms with van der Waals surface area (Å²) in [6, 6.07) is 12.4. The zero-order chi connectivity index (χ0) is 24.1. The van der Waals surface area contributed by atoms with E-state index < -0.39 is 6.04 Å². The second-order valence-corrected chi connectivity index (χ2v) is 8.77. The fraction of sp³-hybridized carbons (Fsp3) is 0.375. The maximum Gasteiger partial charge on any atom is 0.243 e. The van der Waals surface area contributed by atoms with Crippen LogP contribution >= 0.6 is 11.6 Å². The standard InChI is InChI=1S/C24H27ClFN5O3/c25-19-3-1-2-4-20(19)28-22(32)15-21-24(34)27-9-10-31(21)23(33)16-29-11-13-30(14-12-29)18-7-5-17(26)6-8-18/h1-8,21H,9-16H2,(H,27,34)(H,28,32)/t21-/m1/s1. The summed E-state index contributed by atoms with van der Waals surface area (Å²) in [5.74, 6) is -1.18. The molecule has 2 aliphatic rings. The summed E-state index contributed by atoms with van der Waals surface area (Å²) in [5, 5.41) is 5.86. The fourth-order valence-electron chi connectivity index (χ4n) is 4.25. The van der Waals surface area contributed by atoms with Gasteiger partial charge in [-0.05, 0) is 36.4 Å². The second-order valence-electron chi connectivity index (χ2n) is 8.37. The Labute approximate surface area is 202 Å². The van der Waals surface area contributed by atoms with Crippen molar-refractivity contribution >= 4 is 40.7 Å². The average Bonchev–Trinajstić information content (AvgIpc) is 2.83. The Morgan fingerprint density at radius 2 is 1.74 bits per heavy atom. The van der Waals surface area contributed by atoms with Gasteiger partial charge in [-0.15, -0.1) is 0 Å². The van der Waals surface area contributed by atoms with Gasteiger partial charge in [0, 0.05) is 45.0 Å². The Balaban J connectivity index is 1.32. The topological polar surface area (TPSA) is 85.0 Å². The highest BCUT2D eigenvalue weighted by Gasteiger charge is 2.35. The van der Waals surface area contributed by atoms with Crippen LogP contribution in [0.3, 0.4) is 0 Å². The molecule has 0 spiro atoms. The first-order chi connectivity index (χ1) is 16.4. The molecule has 10 heteroatoms. The third-order valence-corrected chi connectivity index (χ3v) is 6.43. The van der Waals surface area contributed by atoms with E-state index in [0.29, 0.717) is 50.0 Å². The highest BCUT2D eigenvalue weighted by atomic mass is 35.5. The van der Waals surface area contributed by atoms with Crippen LogP contribution in [0.1, 0.15) is 6.42 Å². The lowest BCUT2D eigenvalue weighted by atomic mass is 10.1. The first-order valence-corrected chi connectivity index (χ1v) is 11.6. The number of anilines is 2. The molecule has 0 radical (unpaired) electrons. The number of benzene rings is 2. The molecule has 0 aromatic heterocycles. The highest BCUT2D eigenvalue weighted by molar-refractivity contribution is 6.33. The van der Waals surface area contributed by atoms with E-state index in [9.17, 15) is 18.8 Å². The zero-order valence-electron chi connectivity index (χ0n) is 18.7. The highest BCUT2D eigenvalue weighted by Crippen LogP contribution is 2.22. The molecule has 1 atom stereocenters. The minimum absolute atomic E-state index is 0.152. The van der Waals surface area contributed by atoms with Crippen molar-refractivity contribution in [3.8, 4) is 0 Å². The lowest BCUT2D eigenvalue weighted by molar-refractivity contribution is -0.145. The quantitative estimate of drug-likeness (QED) is 0.650. The third-order valence-electron chi connectivity index (χ3n) is 6.10. The van der Waals surface area contributed by atoms with Crippen LogP contribution in [0.25, 0.3) is 0 Å². The van der Waals surface area contributed by atoms with Gasteiger partial charge in [0.05, 0.1) is 23.7 Å². The summed E-state index contributed by atoms with van der Waals surface area (Å²) in [6.07, 6.45) is -0.152. The number of para-hydroxylation sites is 1. The summed E-state index contributed by atoms with van der Waals surface area (Å²) in [7, 11) is 0. The summed E-state index contributed by atoms with van der Waals surface area (Å²) < 4.78 is 13.2. The molecule has 0 bridgehead atoms. The molecule has 4 rings (SSSR count).